The first-order valence-corrected chi connectivity index (χ1v) is 8.96. The van der Waals surface area contributed by atoms with E-state index in [0.29, 0.717) is 16.7 Å². The molecule has 0 bridgehead atoms. The molecule has 0 aliphatic heterocycles. The first kappa shape index (κ1) is 17.2. The molecule has 0 aliphatic carbocycles. The predicted molar refractivity (Wildman–Crippen MR) is 104 cm³/mol. The molecule has 4 heteroatoms. The summed E-state index contributed by atoms with van der Waals surface area (Å²) in [6.07, 6.45) is 1.52. The second-order valence-corrected chi connectivity index (χ2v) is 7.25. The molecule has 0 spiro atoms. The predicted octanol–water partition coefficient (Wildman–Crippen LogP) is 5.52. The van der Waals surface area contributed by atoms with E-state index in [9.17, 15) is 9.65 Å². The lowest BCUT2D eigenvalue weighted by Crippen LogP contribution is -2.32. The van der Waals surface area contributed by atoms with Gasteiger partial charge in [0.05, 0.1) is 17.2 Å². The zero-order chi connectivity index (χ0) is 19.3. The van der Waals surface area contributed by atoms with Crippen LogP contribution in [0.15, 0.2) is 47.0 Å². The van der Waals surface area contributed by atoms with Crippen molar-refractivity contribution in [1.82, 2.24) is 0 Å². The maximum absolute atomic E-state index is 14.4. The van der Waals surface area contributed by atoms with Gasteiger partial charge in [-0.25, -0.2) is 4.39 Å². The molecule has 0 unspecified atom stereocenters. The Kier molecular flexibility index (Phi) is 3.96. The Morgan fingerprint density at radius 2 is 1.96 bits per heavy atom. The molecule has 0 amide bonds. The van der Waals surface area contributed by atoms with Crippen molar-refractivity contribution in [3.8, 4) is 17.3 Å². The van der Waals surface area contributed by atoms with Crippen LogP contribution in [0.3, 0.4) is 0 Å². The fraction of sp³-hybridized carbons (Fsp3) is 0.217. The molecular weight excluding hydrogens is 339 g/mol. The number of halogens is 1. The standard InChI is InChI=1S/C23H20FN2O/c1-13(2)17-10-19(26(4)12-18(17)24)21-14(3)8-9-16-22-15(11-25)6-5-7-20(22)27-23(16)21/h5-10,12-13H,1-4H3/q+1. The molecule has 27 heavy (non-hydrogen) atoms. The highest BCUT2D eigenvalue weighted by Gasteiger charge is 2.24. The number of hydrogen-bond acceptors (Lipinski definition) is 2. The van der Waals surface area contributed by atoms with Gasteiger partial charge in [-0.05, 0) is 30.5 Å². The number of hydrogen-bond donors (Lipinski definition) is 0. The Hall–Kier alpha value is -3.19. The minimum Gasteiger partial charge on any atom is -0.455 e. The van der Waals surface area contributed by atoms with Gasteiger partial charge in [-0.3, -0.25) is 0 Å². The highest BCUT2D eigenvalue weighted by atomic mass is 19.1. The van der Waals surface area contributed by atoms with Gasteiger partial charge in [0, 0.05) is 22.4 Å². The number of furan rings is 1. The van der Waals surface area contributed by atoms with Crippen molar-refractivity contribution in [2.75, 3.05) is 0 Å². The molecule has 0 aliphatic rings. The molecule has 2 aromatic heterocycles. The number of fused-ring (bicyclic) bond motifs is 3. The van der Waals surface area contributed by atoms with Gasteiger partial charge in [0.2, 0.25) is 11.9 Å². The third-order valence-electron chi connectivity index (χ3n) is 5.13. The van der Waals surface area contributed by atoms with Crippen LogP contribution in [0, 0.1) is 24.1 Å². The van der Waals surface area contributed by atoms with Crippen LogP contribution in [0.1, 0.15) is 36.5 Å². The Bertz CT molecular complexity index is 1250. The van der Waals surface area contributed by atoms with E-state index >= 15 is 0 Å². The van der Waals surface area contributed by atoms with Gasteiger partial charge in [0.1, 0.15) is 18.2 Å². The maximum Gasteiger partial charge on any atom is 0.216 e. The summed E-state index contributed by atoms with van der Waals surface area (Å²) in [7, 11) is 1.84. The molecule has 4 aromatic rings. The molecule has 0 N–H and O–H groups in total. The summed E-state index contributed by atoms with van der Waals surface area (Å²) in [6, 6.07) is 13.7. The monoisotopic (exact) mass is 359 g/mol. The van der Waals surface area contributed by atoms with Crippen molar-refractivity contribution in [3.05, 3.63) is 65.1 Å². The lowest BCUT2D eigenvalue weighted by atomic mass is 9.96. The lowest BCUT2D eigenvalue weighted by Gasteiger charge is -2.10. The quantitative estimate of drug-likeness (QED) is 0.442. The summed E-state index contributed by atoms with van der Waals surface area (Å²) in [4.78, 5) is 0. The topological polar surface area (TPSA) is 40.8 Å². The number of aryl methyl sites for hydroxylation is 2. The van der Waals surface area contributed by atoms with E-state index in [1.54, 1.807) is 10.6 Å². The average Bonchev–Trinajstić information content (AvgIpc) is 3.00. The van der Waals surface area contributed by atoms with Crippen molar-refractivity contribution >= 4 is 21.9 Å². The maximum atomic E-state index is 14.4. The van der Waals surface area contributed by atoms with Gasteiger partial charge in [-0.2, -0.15) is 9.83 Å². The van der Waals surface area contributed by atoms with Crippen molar-refractivity contribution in [1.29, 1.82) is 5.26 Å². The van der Waals surface area contributed by atoms with E-state index in [2.05, 4.69) is 6.07 Å². The minimum absolute atomic E-state index is 0.0744. The van der Waals surface area contributed by atoms with E-state index in [1.165, 1.54) is 6.20 Å². The first-order chi connectivity index (χ1) is 12.9. The lowest BCUT2D eigenvalue weighted by molar-refractivity contribution is -0.662. The molecule has 0 saturated carbocycles. The van der Waals surface area contributed by atoms with Crippen LogP contribution in [-0.4, -0.2) is 0 Å². The molecule has 2 aromatic carbocycles. The van der Waals surface area contributed by atoms with E-state index in [0.717, 1.165) is 33.2 Å². The molecule has 2 heterocycles. The first-order valence-electron chi connectivity index (χ1n) is 8.96. The molecular formula is C23H20FN2O+. The number of benzene rings is 2. The van der Waals surface area contributed by atoms with Crippen LogP contribution in [0.2, 0.25) is 0 Å². The largest absolute Gasteiger partial charge is 0.455 e. The Morgan fingerprint density at radius 1 is 1.19 bits per heavy atom. The van der Waals surface area contributed by atoms with Gasteiger partial charge in [0.25, 0.3) is 0 Å². The third-order valence-corrected chi connectivity index (χ3v) is 5.13. The highest BCUT2D eigenvalue weighted by molar-refractivity contribution is 6.11. The van der Waals surface area contributed by atoms with Gasteiger partial charge < -0.3 is 4.42 Å². The van der Waals surface area contributed by atoms with Crippen LogP contribution in [0.4, 0.5) is 4.39 Å². The van der Waals surface area contributed by atoms with E-state index < -0.39 is 0 Å². The average molecular weight is 359 g/mol. The van der Waals surface area contributed by atoms with Crippen molar-refractivity contribution in [2.45, 2.75) is 26.7 Å². The zero-order valence-corrected chi connectivity index (χ0v) is 15.8. The summed E-state index contributed by atoms with van der Waals surface area (Å²) in [5.74, 6) is -0.136. The van der Waals surface area contributed by atoms with Crippen LogP contribution in [0.5, 0.6) is 0 Å². The summed E-state index contributed by atoms with van der Waals surface area (Å²) in [5, 5.41) is 11.2. The number of nitriles is 1. The zero-order valence-electron chi connectivity index (χ0n) is 15.8. The van der Waals surface area contributed by atoms with Crippen molar-refractivity contribution < 1.29 is 13.4 Å². The number of nitrogens with zero attached hydrogens (tertiary/aromatic N) is 2. The molecule has 0 saturated heterocycles. The SMILES string of the molecule is Cc1ccc2c(oc3cccc(C#N)c32)c1-c1cc(C(C)C)c(F)c[n+]1C. The van der Waals surface area contributed by atoms with Crippen LogP contribution in [0.25, 0.3) is 33.2 Å². The van der Waals surface area contributed by atoms with Gasteiger partial charge in [-0.15, -0.1) is 0 Å². The van der Waals surface area contributed by atoms with E-state index in [1.807, 2.05) is 58.2 Å². The highest BCUT2D eigenvalue weighted by Crippen LogP contribution is 2.38. The number of aromatic nitrogens is 1. The summed E-state index contributed by atoms with van der Waals surface area (Å²) in [6.45, 7) is 5.98. The Labute approximate surface area is 157 Å². The second kappa shape index (κ2) is 6.21. The van der Waals surface area contributed by atoms with Crippen molar-refractivity contribution in [3.63, 3.8) is 0 Å². The van der Waals surface area contributed by atoms with Gasteiger partial charge >= 0.3 is 0 Å². The molecule has 4 rings (SSSR count). The summed E-state index contributed by atoms with van der Waals surface area (Å²) < 4.78 is 22.4. The van der Waals surface area contributed by atoms with Crippen molar-refractivity contribution in [2.24, 2.45) is 7.05 Å². The molecule has 3 nitrogen and oxygen atoms in total. The second-order valence-electron chi connectivity index (χ2n) is 7.25. The Morgan fingerprint density at radius 3 is 2.67 bits per heavy atom. The molecule has 0 fully saturated rings. The number of pyridine rings is 1. The summed E-state index contributed by atoms with van der Waals surface area (Å²) >= 11 is 0. The Balaban J connectivity index is 2.14. The third kappa shape index (κ3) is 2.59. The smallest absolute Gasteiger partial charge is 0.216 e. The molecule has 134 valence electrons. The number of rotatable bonds is 2. The fourth-order valence-corrected chi connectivity index (χ4v) is 3.72. The van der Waals surface area contributed by atoms with Crippen LogP contribution < -0.4 is 4.57 Å². The molecule has 0 radical (unpaired) electrons. The van der Waals surface area contributed by atoms with Crippen LogP contribution >= 0.6 is 0 Å². The van der Waals surface area contributed by atoms with E-state index in [4.69, 9.17) is 4.42 Å². The van der Waals surface area contributed by atoms with Gasteiger partial charge in [-0.1, -0.05) is 32.0 Å². The van der Waals surface area contributed by atoms with Crippen LogP contribution in [-0.2, 0) is 7.05 Å². The summed E-state index contributed by atoms with van der Waals surface area (Å²) in [5.41, 5.74) is 5.53. The van der Waals surface area contributed by atoms with E-state index in [-0.39, 0.29) is 11.7 Å². The minimum atomic E-state index is -0.211. The van der Waals surface area contributed by atoms with Gasteiger partial charge in [0.15, 0.2) is 5.82 Å². The fourth-order valence-electron chi connectivity index (χ4n) is 3.72. The normalized spacial score (nSPS) is 11.4. The molecule has 0 atom stereocenters.